The second-order valence-electron chi connectivity index (χ2n) is 6.63. The molecule has 2 heterocycles. The number of hydrogen-bond acceptors (Lipinski definition) is 4. The minimum absolute atomic E-state index is 0.00556. The van der Waals surface area contributed by atoms with Crippen LogP contribution in [-0.4, -0.2) is 44.0 Å². The zero-order valence-electron chi connectivity index (χ0n) is 11.3. The molecule has 108 valence electrons. The average molecular weight is 286 g/mol. The highest BCUT2D eigenvalue weighted by molar-refractivity contribution is 7.91. The summed E-state index contributed by atoms with van der Waals surface area (Å²) < 4.78 is 23.1. The van der Waals surface area contributed by atoms with Crippen molar-refractivity contribution in [2.75, 3.05) is 18.1 Å². The van der Waals surface area contributed by atoms with Gasteiger partial charge in [-0.15, -0.1) is 0 Å². The Morgan fingerprint density at radius 1 is 1.37 bits per heavy atom. The molecule has 3 aliphatic rings. The molecular formula is C13H22N2O3S. The van der Waals surface area contributed by atoms with E-state index in [1.54, 1.807) is 0 Å². The summed E-state index contributed by atoms with van der Waals surface area (Å²) in [5, 5.41) is 6.29. The molecule has 0 aromatic rings. The summed E-state index contributed by atoms with van der Waals surface area (Å²) in [4.78, 5) is 12.4. The van der Waals surface area contributed by atoms with Crippen LogP contribution in [0, 0.1) is 11.8 Å². The average Bonchev–Trinajstić information content (AvgIpc) is 2.91. The molecule has 0 aromatic heterocycles. The van der Waals surface area contributed by atoms with Crippen LogP contribution in [0.2, 0.25) is 0 Å². The summed E-state index contributed by atoms with van der Waals surface area (Å²) in [6.07, 6.45) is 4.08. The Hall–Kier alpha value is -0.620. The Balaban J connectivity index is 1.66. The standard InChI is InChI=1S/C13H22N2O3S/c1-13(5-6-19(17,18)8-13)15-12(16)11-10-4-2-3-9(10)7-14-11/h9-11,14H,2-8H2,1H3,(H,15,16). The van der Waals surface area contributed by atoms with Gasteiger partial charge >= 0.3 is 0 Å². The molecule has 4 unspecified atom stereocenters. The summed E-state index contributed by atoms with van der Waals surface area (Å²) in [7, 11) is -2.98. The SMILES string of the molecule is CC1(NC(=O)C2NCC3CCCC32)CCS(=O)(=O)C1. The van der Waals surface area contributed by atoms with Gasteiger partial charge in [-0.3, -0.25) is 4.79 Å². The number of carbonyl (C=O) groups excluding carboxylic acids is 1. The fraction of sp³-hybridized carbons (Fsp3) is 0.923. The highest BCUT2D eigenvalue weighted by Crippen LogP contribution is 2.38. The van der Waals surface area contributed by atoms with Gasteiger partial charge in [0.05, 0.1) is 23.1 Å². The van der Waals surface area contributed by atoms with Gasteiger partial charge < -0.3 is 10.6 Å². The van der Waals surface area contributed by atoms with Crippen LogP contribution in [0.3, 0.4) is 0 Å². The normalized spacial score (nSPS) is 44.2. The van der Waals surface area contributed by atoms with Crippen molar-refractivity contribution < 1.29 is 13.2 Å². The topological polar surface area (TPSA) is 75.3 Å². The Morgan fingerprint density at radius 3 is 2.84 bits per heavy atom. The zero-order valence-corrected chi connectivity index (χ0v) is 12.1. The third-order valence-electron chi connectivity index (χ3n) is 4.96. The third-order valence-corrected chi connectivity index (χ3v) is 6.86. The minimum Gasteiger partial charge on any atom is -0.349 e. The van der Waals surface area contributed by atoms with E-state index in [4.69, 9.17) is 0 Å². The van der Waals surface area contributed by atoms with Crippen LogP contribution in [0.4, 0.5) is 0 Å². The Morgan fingerprint density at radius 2 is 2.16 bits per heavy atom. The van der Waals surface area contributed by atoms with Crippen LogP contribution in [0.25, 0.3) is 0 Å². The first kappa shape index (κ1) is 13.4. The van der Waals surface area contributed by atoms with E-state index in [0.29, 0.717) is 18.3 Å². The second kappa shape index (κ2) is 4.45. The van der Waals surface area contributed by atoms with Gasteiger partial charge in [-0.1, -0.05) is 6.42 Å². The van der Waals surface area contributed by atoms with Crippen LogP contribution < -0.4 is 10.6 Å². The number of hydrogen-bond donors (Lipinski definition) is 2. The first-order chi connectivity index (χ1) is 8.89. The Labute approximate surface area is 114 Å². The molecule has 0 aromatic carbocycles. The molecule has 2 aliphatic heterocycles. The Bertz CT molecular complexity index is 490. The number of sulfone groups is 1. The molecule has 1 aliphatic carbocycles. The molecule has 6 heteroatoms. The molecule has 4 atom stereocenters. The molecule has 3 rings (SSSR count). The lowest BCUT2D eigenvalue weighted by Gasteiger charge is -2.27. The third kappa shape index (κ3) is 2.52. The van der Waals surface area contributed by atoms with Crippen molar-refractivity contribution in [1.82, 2.24) is 10.6 Å². The van der Waals surface area contributed by atoms with E-state index < -0.39 is 15.4 Å². The van der Waals surface area contributed by atoms with Crippen LogP contribution in [-0.2, 0) is 14.6 Å². The van der Waals surface area contributed by atoms with Gasteiger partial charge in [0.2, 0.25) is 5.91 Å². The quantitative estimate of drug-likeness (QED) is 0.753. The Kier molecular flexibility index (Phi) is 3.13. The van der Waals surface area contributed by atoms with E-state index in [1.165, 1.54) is 12.8 Å². The fourth-order valence-electron chi connectivity index (χ4n) is 3.96. The molecule has 2 N–H and O–H groups in total. The molecule has 5 nitrogen and oxygen atoms in total. The van der Waals surface area contributed by atoms with E-state index in [1.807, 2.05) is 6.92 Å². The number of nitrogens with one attached hydrogen (secondary N) is 2. The molecule has 3 fully saturated rings. The van der Waals surface area contributed by atoms with Crippen molar-refractivity contribution in [3.05, 3.63) is 0 Å². The maximum atomic E-state index is 12.4. The maximum Gasteiger partial charge on any atom is 0.237 e. The fourth-order valence-corrected chi connectivity index (χ4v) is 6.05. The van der Waals surface area contributed by atoms with Gasteiger partial charge in [-0.25, -0.2) is 8.42 Å². The first-order valence-electron chi connectivity index (χ1n) is 7.14. The van der Waals surface area contributed by atoms with Crippen molar-refractivity contribution in [3.63, 3.8) is 0 Å². The number of fused-ring (bicyclic) bond motifs is 1. The highest BCUT2D eigenvalue weighted by atomic mass is 32.2. The largest absolute Gasteiger partial charge is 0.349 e. The lowest BCUT2D eigenvalue weighted by molar-refractivity contribution is -0.125. The molecule has 1 amide bonds. The molecule has 0 bridgehead atoms. The van der Waals surface area contributed by atoms with Crippen LogP contribution >= 0.6 is 0 Å². The van der Waals surface area contributed by atoms with Gasteiger partial charge in [0.25, 0.3) is 0 Å². The molecule has 1 saturated carbocycles. The molecular weight excluding hydrogens is 264 g/mol. The zero-order chi connectivity index (χ0) is 13.7. The lowest BCUT2D eigenvalue weighted by atomic mass is 9.92. The van der Waals surface area contributed by atoms with E-state index in [9.17, 15) is 13.2 Å². The smallest absolute Gasteiger partial charge is 0.237 e. The summed E-state index contributed by atoms with van der Waals surface area (Å²) in [6.45, 7) is 2.77. The van der Waals surface area contributed by atoms with Crippen molar-refractivity contribution >= 4 is 15.7 Å². The summed E-state index contributed by atoms with van der Waals surface area (Å²) >= 11 is 0. The maximum absolute atomic E-state index is 12.4. The molecule has 0 radical (unpaired) electrons. The van der Waals surface area contributed by atoms with Gasteiger partial charge in [0.15, 0.2) is 9.84 Å². The van der Waals surface area contributed by atoms with Crippen LogP contribution in [0.1, 0.15) is 32.6 Å². The van der Waals surface area contributed by atoms with Crippen LogP contribution in [0.5, 0.6) is 0 Å². The van der Waals surface area contributed by atoms with Crippen molar-refractivity contribution in [2.45, 2.75) is 44.2 Å². The predicted octanol–water partition coefficient (Wildman–Crippen LogP) is 0.0679. The van der Waals surface area contributed by atoms with E-state index in [-0.39, 0.29) is 23.5 Å². The van der Waals surface area contributed by atoms with Crippen LogP contribution in [0.15, 0.2) is 0 Å². The highest BCUT2D eigenvalue weighted by Gasteiger charge is 2.45. The summed E-state index contributed by atoms with van der Waals surface area (Å²) in [5.41, 5.74) is -0.575. The monoisotopic (exact) mass is 286 g/mol. The first-order valence-corrected chi connectivity index (χ1v) is 8.97. The van der Waals surface area contributed by atoms with E-state index in [2.05, 4.69) is 10.6 Å². The van der Waals surface area contributed by atoms with Gasteiger partial charge in [-0.2, -0.15) is 0 Å². The summed E-state index contributed by atoms with van der Waals surface area (Å²) in [5.74, 6) is 1.34. The number of rotatable bonds is 2. The predicted molar refractivity (Wildman–Crippen MR) is 72.4 cm³/mol. The number of amides is 1. The molecule has 19 heavy (non-hydrogen) atoms. The van der Waals surface area contributed by atoms with Crippen molar-refractivity contribution in [2.24, 2.45) is 11.8 Å². The summed E-state index contributed by atoms with van der Waals surface area (Å²) in [6, 6.07) is -0.118. The van der Waals surface area contributed by atoms with Crippen molar-refractivity contribution in [1.29, 1.82) is 0 Å². The van der Waals surface area contributed by atoms with E-state index >= 15 is 0 Å². The lowest BCUT2D eigenvalue weighted by Crippen LogP contribution is -2.54. The second-order valence-corrected chi connectivity index (χ2v) is 8.82. The molecule has 0 spiro atoms. The number of carbonyl (C=O) groups is 1. The van der Waals surface area contributed by atoms with Gasteiger partial charge in [0, 0.05) is 0 Å². The van der Waals surface area contributed by atoms with Crippen molar-refractivity contribution in [3.8, 4) is 0 Å². The molecule has 2 saturated heterocycles. The van der Waals surface area contributed by atoms with Gasteiger partial charge in [0.1, 0.15) is 0 Å². The van der Waals surface area contributed by atoms with Gasteiger partial charge in [-0.05, 0) is 44.6 Å². The minimum atomic E-state index is -2.98. The van der Waals surface area contributed by atoms with E-state index in [0.717, 1.165) is 13.0 Å².